The summed E-state index contributed by atoms with van der Waals surface area (Å²) >= 11 is 0. The Morgan fingerprint density at radius 1 is 0.886 bits per heavy atom. The standard InChI is InChI=1S/C26H23F2N7/c1-15-16(2)31-26-24(30-15)23(21-5-4-17(14-29)10-22(21)28)32-25(33-26)18-11-19(27)13-20(12-18)35-8-6-34(3)7-9-35/h4-5,10-13H,6-9H2,1-3H3. The fourth-order valence-electron chi connectivity index (χ4n) is 4.16. The molecule has 9 heteroatoms. The molecule has 0 bridgehead atoms. The first-order chi connectivity index (χ1) is 16.8. The highest BCUT2D eigenvalue weighted by Gasteiger charge is 2.20. The maximum Gasteiger partial charge on any atom is 0.182 e. The maximum atomic E-state index is 15.0. The molecule has 1 saturated heterocycles. The predicted molar refractivity (Wildman–Crippen MR) is 130 cm³/mol. The van der Waals surface area contributed by atoms with Crippen molar-refractivity contribution in [3.8, 4) is 28.7 Å². The van der Waals surface area contributed by atoms with Crippen LogP contribution in [0.25, 0.3) is 33.8 Å². The summed E-state index contributed by atoms with van der Waals surface area (Å²) in [5.41, 5.74) is 3.82. The molecule has 0 unspecified atom stereocenters. The Labute approximate surface area is 201 Å². The van der Waals surface area contributed by atoms with Crippen LogP contribution in [0.15, 0.2) is 36.4 Å². The number of rotatable bonds is 3. The number of aromatic nitrogens is 4. The van der Waals surface area contributed by atoms with Gasteiger partial charge in [-0.2, -0.15) is 5.26 Å². The topological polar surface area (TPSA) is 81.8 Å². The number of hydrogen-bond donors (Lipinski definition) is 0. The molecule has 0 radical (unpaired) electrons. The lowest BCUT2D eigenvalue weighted by Gasteiger charge is -2.34. The molecule has 176 valence electrons. The van der Waals surface area contributed by atoms with Gasteiger partial charge in [-0.15, -0.1) is 0 Å². The normalized spacial score (nSPS) is 14.3. The van der Waals surface area contributed by atoms with Gasteiger partial charge in [0.1, 0.15) is 22.8 Å². The third kappa shape index (κ3) is 4.40. The second-order valence-corrected chi connectivity index (χ2v) is 8.76. The summed E-state index contributed by atoms with van der Waals surface area (Å²) in [5.74, 6) is -0.784. The molecule has 0 saturated carbocycles. The van der Waals surface area contributed by atoms with Crippen LogP contribution in [0.2, 0.25) is 0 Å². The van der Waals surface area contributed by atoms with Gasteiger partial charge in [0.2, 0.25) is 0 Å². The molecule has 0 N–H and O–H groups in total. The number of anilines is 1. The Morgan fingerprint density at radius 3 is 2.34 bits per heavy atom. The van der Waals surface area contributed by atoms with Gasteiger partial charge in [-0.3, -0.25) is 0 Å². The third-order valence-electron chi connectivity index (χ3n) is 6.30. The summed E-state index contributed by atoms with van der Waals surface area (Å²) in [5, 5.41) is 9.12. The van der Waals surface area contributed by atoms with Crippen molar-refractivity contribution in [1.29, 1.82) is 5.26 Å². The molecule has 0 spiro atoms. The van der Waals surface area contributed by atoms with Crippen molar-refractivity contribution < 1.29 is 8.78 Å². The predicted octanol–water partition coefficient (Wildman–Crippen LogP) is 4.27. The summed E-state index contributed by atoms with van der Waals surface area (Å²) in [6.45, 7) is 6.96. The van der Waals surface area contributed by atoms with Crippen LogP contribution in [-0.4, -0.2) is 58.1 Å². The fourth-order valence-corrected chi connectivity index (χ4v) is 4.16. The SMILES string of the molecule is Cc1nc2nc(-c3cc(F)cc(N4CCN(C)CC4)c3)nc(-c3ccc(C#N)cc3F)c2nc1C. The van der Waals surface area contributed by atoms with Gasteiger partial charge in [-0.05, 0) is 57.3 Å². The smallest absolute Gasteiger partial charge is 0.182 e. The second-order valence-electron chi connectivity index (χ2n) is 8.76. The van der Waals surface area contributed by atoms with Crippen molar-refractivity contribution in [1.82, 2.24) is 24.8 Å². The largest absolute Gasteiger partial charge is 0.369 e. The minimum Gasteiger partial charge on any atom is -0.369 e. The Bertz CT molecular complexity index is 1490. The summed E-state index contributed by atoms with van der Waals surface area (Å²) < 4.78 is 29.8. The number of nitrogens with zero attached hydrogens (tertiary/aromatic N) is 7. The molecular formula is C26H23F2N7. The van der Waals surface area contributed by atoms with Gasteiger partial charge in [-0.1, -0.05) is 0 Å². The molecule has 1 aliphatic rings. The van der Waals surface area contributed by atoms with Crippen molar-refractivity contribution >= 4 is 16.9 Å². The molecule has 4 aromatic rings. The molecule has 5 rings (SSSR count). The highest BCUT2D eigenvalue weighted by Crippen LogP contribution is 2.32. The van der Waals surface area contributed by atoms with Crippen LogP contribution in [0.1, 0.15) is 17.0 Å². The molecular weight excluding hydrogens is 448 g/mol. The van der Waals surface area contributed by atoms with Gasteiger partial charge in [0, 0.05) is 43.0 Å². The van der Waals surface area contributed by atoms with Crippen molar-refractivity contribution in [2.24, 2.45) is 0 Å². The van der Waals surface area contributed by atoms with Gasteiger partial charge in [0.15, 0.2) is 11.5 Å². The van der Waals surface area contributed by atoms with Crippen LogP contribution in [0.5, 0.6) is 0 Å². The Balaban J connectivity index is 1.70. The number of aryl methyl sites for hydroxylation is 2. The number of benzene rings is 2. The van der Waals surface area contributed by atoms with Gasteiger partial charge in [0.05, 0.1) is 23.0 Å². The highest BCUT2D eigenvalue weighted by molar-refractivity contribution is 5.89. The molecule has 0 aliphatic carbocycles. The Hall–Kier alpha value is -4.03. The zero-order valence-corrected chi connectivity index (χ0v) is 19.7. The van der Waals surface area contributed by atoms with E-state index in [-0.39, 0.29) is 22.6 Å². The molecule has 2 aromatic heterocycles. The van der Waals surface area contributed by atoms with E-state index in [1.165, 1.54) is 24.3 Å². The minimum absolute atomic E-state index is 0.172. The summed E-state index contributed by atoms with van der Waals surface area (Å²) in [6.07, 6.45) is 0. The van der Waals surface area contributed by atoms with Crippen molar-refractivity contribution in [2.75, 3.05) is 38.1 Å². The number of likely N-dealkylation sites (N-methyl/N-ethyl adjacent to an activating group) is 1. The van der Waals surface area contributed by atoms with Crippen LogP contribution in [0.4, 0.5) is 14.5 Å². The van der Waals surface area contributed by atoms with Gasteiger partial charge >= 0.3 is 0 Å². The average Bonchev–Trinajstić information content (AvgIpc) is 2.84. The van der Waals surface area contributed by atoms with Crippen LogP contribution < -0.4 is 4.90 Å². The van der Waals surface area contributed by atoms with E-state index in [1.807, 2.05) is 26.0 Å². The Kier molecular flexibility index (Phi) is 5.83. The lowest BCUT2D eigenvalue weighted by atomic mass is 10.1. The van der Waals surface area contributed by atoms with E-state index in [9.17, 15) is 4.39 Å². The molecule has 35 heavy (non-hydrogen) atoms. The van der Waals surface area contributed by atoms with Gasteiger partial charge in [0.25, 0.3) is 0 Å². The Morgan fingerprint density at radius 2 is 1.63 bits per heavy atom. The van der Waals surface area contributed by atoms with Crippen LogP contribution in [0, 0.1) is 36.8 Å². The maximum absolute atomic E-state index is 15.0. The molecule has 3 heterocycles. The summed E-state index contributed by atoms with van der Waals surface area (Å²) in [6, 6.07) is 10.8. The first-order valence-electron chi connectivity index (χ1n) is 11.3. The first kappa shape index (κ1) is 22.7. The first-order valence-corrected chi connectivity index (χ1v) is 11.3. The number of nitriles is 1. The van der Waals surface area contributed by atoms with E-state index in [2.05, 4.69) is 36.8 Å². The van der Waals surface area contributed by atoms with E-state index < -0.39 is 11.6 Å². The minimum atomic E-state index is -0.604. The van der Waals surface area contributed by atoms with Crippen molar-refractivity contribution in [2.45, 2.75) is 13.8 Å². The fraction of sp³-hybridized carbons (Fsp3) is 0.269. The lowest BCUT2D eigenvalue weighted by molar-refractivity contribution is 0.313. The van der Waals surface area contributed by atoms with Crippen LogP contribution in [-0.2, 0) is 0 Å². The highest BCUT2D eigenvalue weighted by atomic mass is 19.1. The van der Waals surface area contributed by atoms with Gasteiger partial charge in [-0.25, -0.2) is 28.7 Å². The van der Waals surface area contributed by atoms with E-state index in [0.717, 1.165) is 37.9 Å². The monoisotopic (exact) mass is 471 g/mol. The third-order valence-corrected chi connectivity index (χ3v) is 6.30. The second kappa shape index (κ2) is 8.96. The number of fused-ring (bicyclic) bond motifs is 1. The van der Waals surface area contributed by atoms with E-state index in [1.54, 1.807) is 0 Å². The number of piperazine rings is 1. The quantitative estimate of drug-likeness (QED) is 0.441. The zero-order valence-electron chi connectivity index (χ0n) is 19.7. The van der Waals surface area contributed by atoms with E-state index in [4.69, 9.17) is 5.26 Å². The number of hydrogen-bond acceptors (Lipinski definition) is 7. The summed E-state index contributed by atoms with van der Waals surface area (Å²) in [7, 11) is 2.06. The van der Waals surface area contributed by atoms with Crippen LogP contribution >= 0.6 is 0 Å². The molecule has 0 amide bonds. The number of halogens is 2. The molecule has 1 fully saturated rings. The van der Waals surface area contributed by atoms with Gasteiger partial charge < -0.3 is 9.80 Å². The molecule has 7 nitrogen and oxygen atoms in total. The van der Waals surface area contributed by atoms with Crippen molar-refractivity contribution in [3.05, 3.63) is 65.0 Å². The van der Waals surface area contributed by atoms with E-state index >= 15 is 4.39 Å². The van der Waals surface area contributed by atoms with Crippen molar-refractivity contribution in [3.63, 3.8) is 0 Å². The molecule has 0 atom stereocenters. The zero-order chi connectivity index (χ0) is 24.7. The molecule has 1 aliphatic heterocycles. The van der Waals surface area contributed by atoms with E-state index in [0.29, 0.717) is 28.1 Å². The summed E-state index contributed by atoms with van der Waals surface area (Å²) in [4.78, 5) is 22.7. The average molecular weight is 472 g/mol. The lowest BCUT2D eigenvalue weighted by Crippen LogP contribution is -2.44. The van der Waals surface area contributed by atoms with Crippen LogP contribution in [0.3, 0.4) is 0 Å². The molecule has 2 aromatic carbocycles.